The third-order valence-electron chi connectivity index (χ3n) is 5.97. The van der Waals surface area contributed by atoms with Gasteiger partial charge in [0.25, 0.3) is 0 Å². The van der Waals surface area contributed by atoms with Crippen LogP contribution in [0.4, 0.5) is 4.79 Å². The van der Waals surface area contributed by atoms with Crippen LogP contribution in [-0.2, 0) is 19.1 Å². The molecule has 188 valence electrons. The lowest BCUT2D eigenvalue weighted by Crippen LogP contribution is -2.44. The monoisotopic (exact) mass is 482 g/mol. The van der Waals surface area contributed by atoms with Gasteiger partial charge in [0.15, 0.2) is 0 Å². The number of carbonyl (C=O) groups excluding carboxylic acids is 2. The van der Waals surface area contributed by atoms with E-state index in [4.69, 9.17) is 9.47 Å². The Kier molecular flexibility index (Phi) is 9.25. The predicted octanol–water partition coefficient (Wildman–Crippen LogP) is 3.94. The molecule has 0 fully saturated rings. The number of amides is 2. The van der Waals surface area contributed by atoms with Gasteiger partial charge in [0.1, 0.15) is 12.6 Å². The van der Waals surface area contributed by atoms with E-state index in [-0.39, 0.29) is 31.4 Å². The number of ether oxygens (including phenoxy) is 2. The Hall–Kier alpha value is -3.39. The van der Waals surface area contributed by atoms with Gasteiger partial charge in [-0.1, -0.05) is 62.4 Å². The first-order chi connectivity index (χ1) is 16.8. The summed E-state index contributed by atoms with van der Waals surface area (Å²) in [6, 6.07) is 15.2. The van der Waals surface area contributed by atoms with Crippen LogP contribution in [0.2, 0.25) is 0 Å². The topological polar surface area (TPSA) is 114 Å². The van der Waals surface area contributed by atoms with Gasteiger partial charge >= 0.3 is 12.1 Å². The zero-order chi connectivity index (χ0) is 25.4. The fourth-order valence-corrected chi connectivity index (χ4v) is 4.43. The number of carboxylic acids is 1. The van der Waals surface area contributed by atoms with Gasteiger partial charge in [-0.05, 0) is 41.5 Å². The van der Waals surface area contributed by atoms with Crippen molar-refractivity contribution in [3.63, 3.8) is 0 Å². The SMILES string of the molecule is CCOC(CNC(=O)OCC1c2ccccc2-c2ccccc21)CC(=O)N[C@@H](CC(C)C)C(=O)O. The molecule has 0 radical (unpaired) electrons. The third-order valence-corrected chi connectivity index (χ3v) is 5.97. The number of rotatable bonds is 12. The van der Waals surface area contributed by atoms with Gasteiger partial charge in [-0.15, -0.1) is 0 Å². The molecule has 0 bridgehead atoms. The summed E-state index contributed by atoms with van der Waals surface area (Å²) in [5.41, 5.74) is 4.55. The van der Waals surface area contributed by atoms with Crippen molar-refractivity contribution in [1.29, 1.82) is 0 Å². The Balaban J connectivity index is 1.52. The lowest BCUT2D eigenvalue weighted by atomic mass is 9.98. The molecule has 1 unspecified atom stereocenters. The standard InChI is InChI=1S/C27H34N2O6/c1-4-34-18(14-25(30)29-24(26(31)32)13-17(2)3)15-28-27(33)35-16-23-21-11-7-5-9-19(21)20-10-6-8-12-22(20)23/h5-12,17-18,23-24H,4,13-16H2,1-3H3,(H,28,33)(H,29,30)(H,31,32)/t18?,24-/m0/s1. The van der Waals surface area contributed by atoms with Crippen molar-refractivity contribution in [2.75, 3.05) is 19.8 Å². The van der Waals surface area contributed by atoms with Crippen LogP contribution in [0.25, 0.3) is 11.1 Å². The lowest BCUT2D eigenvalue weighted by molar-refractivity contribution is -0.142. The van der Waals surface area contributed by atoms with E-state index in [9.17, 15) is 19.5 Å². The van der Waals surface area contributed by atoms with Crippen LogP contribution in [0.15, 0.2) is 48.5 Å². The van der Waals surface area contributed by atoms with Crippen LogP contribution in [-0.4, -0.2) is 55.0 Å². The zero-order valence-corrected chi connectivity index (χ0v) is 20.5. The van der Waals surface area contributed by atoms with Crippen LogP contribution in [0.1, 0.15) is 50.7 Å². The Labute approximate surface area is 206 Å². The van der Waals surface area contributed by atoms with Crippen molar-refractivity contribution in [2.24, 2.45) is 5.92 Å². The summed E-state index contributed by atoms with van der Waals surface area (Å²) in [4.78, 5) is 36.3. The minimum atomic E-state index is -1.07. The van der Waals surface area contributed by atoms with Gasteiger partial charge < -0.3 is 25.2 Å². The highest BCUT2D eigenvalue weighted by Crippen LogP contribution is 2.44. The van der Waals surface area contributed by atoms with Crippen molar-refractivity contribution < 1.29 is 29.0 Å². The Morgan fingerprint density at radius 2 is 1.60 bits per heavy atom. The second kappa shape index (κ2) is 12.4. The molecule has 0 saturated carbocycles. The normalized spacial score (nSPS) is 14.1. The smallest absolute Gasteiger partial charge is 0.407 e. The summed E-state index contributed by atoms with van der Waals surface area (Å²) in [5.74, 6) is -1.44. The van der Waals surface area contributed by atoms with Crippen LogP contribution in [0, 0.1) is 5.92 Å². The molecule has 8 heteroatoms. The summed E-state index contributed by atoms with van der Waals surface area (Å²) < 4.78 is 11.1. The van der Waals surface area contributed by atoms with Crippen molar-refractivity contribution >= 4 is 18.0 Å². The van der Waals surface area contributed by atoms with E-state index in [2.05, 4.69) is 34.9 Å². The molecule has 0 spiro atoms. The first-order valence-electron chi connectivity index (χ1n) is 12.0. The number of hydrogen-bond donors (Lipinski definition) is 3. The van der Waals surface area contributed by atoms with E-state index in [0.29, 0.717) is 13.0 Å². The maximum Gasteiger partial charge on any atom is 0.407 e. The molecule has 1 aliphatic rings. The summed E-state index contributed by atoms with van der Waals surface area (Å²) in [6.07, 6.45) is -0.938. The lowest BCUT2D eigenvalue weighted by Gasteiger charge is -2.20. The molecule has 3 N–H and O–H groups in total. The average Bonchev–Trinajstić information content (AvgIpc) is 3.14. The van der Waals surface area contributed by atoms with Gasteiger partial charge in [0.05, 0.1) is 12.5 Å². The van der Waals surface area contributed by atoms with Crippen molar-refractivity contribution in [3.05, 3.63) is 59.7 Å². The highest BCUT2D eigenvalue weighted by atomic mass is 16.5. The van der Waals surface area contributed by atoms with E-state index in [1.165, 1.54) is 0 Å². The molecule has 1 aliphatic carbocycles. The second-order valence-corrected chi connectivity index (χ2v) is 9.08. The number of nitrogens with one attached hydrogen (secondary N) is 2. The minimum Gasteiger partial charge on any atom is -0.480 e. The molecule has 2 atom stereocenters. The summed E-state index contributed by atoms with van der Waals surface area (Å²) >= 11 is 0. The minimum absolute atomic E-state index is 0.0458. The average molecular weight is 483 g/mol. The molecule has 0 heterocycles. The van der Waals surface area contributed by atoms with E-state index >= 15 is 0 Å². The molecule has 8 nitrogen and oxygen atoms in total. The highest BCUT2D eigenvalue weighted by molar-refractivity contribution is 5.84. The van der Waals surface area contributed by atoms with Crippen molar-refractivity contribution in [2.45, 2.75) is 51.7 Å². The first kappa shape index (κ1) is 26.2. The molecule has 2 aromatic rings. The Morgan fingerprint density at radius 3 is 2.14 bits per heavy atom. The van der Waals surface area contributed by atoms with E-state index in [1.54, 1.807) is 6.92 Å². The number of carboxylic acid groups (broad SMARTS) is 1. The zero-order valence-electron chi connectivity index (χ0n) is 20.5. The van der Waals surface area contributed by atoms with E-state index < -0.39 is 30.1 Å². The van der Waals surface area contributed by atoms with Crippen molar-refractivity contribution in [3.8, 4) is 11.1 Å². The maximum atomic E-state index is 12.4. The van der Waals surface area contributed by atoms with Crippen LogP contribution < -0.4 is 10.6 Å². The van der Waals surface area contributed by atoms with Gasteiger partial charge in [-0.3, -0.25) is 4.79 Å². The first-order valence-corrected chi connectivity index (χ1v) is 12.0. The summed E-state index contributed by atoms with van der Waals surface area (Å²) in [6.45, 7) is 6.18. The molecular formula is C27H34N2O6. The predicted molar refractivity (Wildman–Crippen MR) is 132 cm³/mol. The fraction of sp³-hybridized carbons (Fsp3) is 0.444. The number of benzene rings is 2. The quantitative estimate of drug-likeness (QED) is 0.422. The molecule has 0 aromatic heterocycles. The third kappa shape index (κ3) is 7.05. The van der Waals surface area contributed by atoms with Gasteiger partial charge in [-0.2, -0.15) is 0 Å². The molecule has 3 rings (SSSR count). The molecule has 2 amide bonds. The number of alkyl carbamates (subject to hydrolysis) is 1. The van der Waals surface area contributed by atoms with Crippen LogP contribution in [0.3, 0.4) is 0 Å². The van der Waals surface area contributed by atoms with Gasteiger partial charge in [-0.25, -0.2) is 9.59 Å². The van der Waals surface area contributed by atoms with Gasteiger partial charge in [0, 0.05) is 19.1 Å². The molecule has 0 aliphatic heterocycles. The fourth-order valence-electron chi connectivity index (χ4n) is 4.43. The Morgan fingerprint density at radius 1 is 1.00 bits per heavy atom. The number of hydrogen-bond acceptors (Lipinski definition) is 5. The van der Waals surface area contributed by atoms with E-state index in [1.807, 2.05) is 38.1 Å². The molecule has 0 saturated heterocycles. The summed E-state index contributed by atoms with van der Waals surface area (Å²) in [5, 5.41) is 14.6. The maximum absolute atomic E-state index is 12.4. The van der Waals surface area contributed by atoms with Crippen LogP contribution >= 0.6 is 0 Å². The molecule has 2 aromatic carbocycles. The molecular weight excluding hydrogens is 448 g/mol. The summed E-state index contributed by atoms with van der Waals surface area (Å²) in [7, 11) is 0. The van der Waals surface area contributed by atoms with E-state index in [0.717, 1.165) is 22.3 Å². The van der Waals surface area contributed by atoms with Crippen molar-refractivity contribution in [1.82, 2.24) is 10.6 Å². The number of fused-ring (bicyclic) bond motifs is 3. The Bertz CT molecular complexity index is 992. The molecule has 35 heavy (non-hydrogen) atoms. The largest absolute Gasteiger partial charge is 0.480 e. The second-order valence-electron chi connectivity index (χ2n) is 9.08. The highest BCUT2D eigenvalue weighted by Gasteiger charge is 2.29. The van der Waals surface area contributed by atoms with Gasteiger partial charge in [0.2, 0.25) is 5.91 Å². The van der Waals surface area contributed by atoms with Crippen LogP contribution in [0.5, 0.6) is 0 Å². The number of carbonyl (C=O) groups is 3. The number of aliphatic carboxylic acids is 1.